The Morgan fingerprint density at radius 3 is 2.72 bits per heavy atom. The van der Waals surface area contributed by atoms with E-state index in [0.29, 0.717) is 17.5 Å². The zero-order valence-electron chi connectivity index (χ0n) is 11.3. The molecule has 0 spiro atoms. The molecule has 0 saturated carbocycles. The van der Waals surface area contributed by atoms with E-state index in [4.69, 9.17) is 0 Å². The Morgan fingerprint density at radius 2 is 2.06 bits per heavy atom. The summed E-state index contributed by atoms with van der Waals surface area (Å²) in [5.41, 5.74) is 0.330. The largest absolute Gasteiger partial charge is 0.336 e. The zero-order valence-corrected chi connectivity index (χ0v) is 11.3. The van der Waals surface area contributed by atoms with Crippen LogP contribution in [0.1, 0.15) is 37.1 Å². The van der Waals surface area contributed by atoms with Crippen LogP contribution >= 0.6 is 0 Å². The van der Waals surface area contributed by atoms with E-state index in [9.17, 15) is 4.79 Å². The Bertz CT molecular complexity index is 571. The molecule has 3 rings (SSSR count). The summed E-state index contributed by atoms with van der Waals surface area (Å²) in [6.07, 6.45) is 0. The fraction of sp³-hybridized carbons (Fsp3) is 0.583. The maximum atomic E-state index is 12.2. The summed E-state index contributed by atoms with van der Waals surface area (Å²) in [6.45, 7) is 8.10. The molecule has 1 atom stereocenters. The van der Waals surface area contributed by atoms with Crippen LogP contribution < -0.4 is 4.90 Å². The van der Waals surface area contributed by atoms with Gasteiger partial charge >= 0.3 is 0 Å². The molecule has 0 saturated heterocycles. The van der Waals surface area contributed by atoms with Gasteiger partial charge in [-0.25, -0.2) is 9.98 Å². The molecule has 0 aliphatic carbocycles. The number of imidazole rings is 1. The lowest BCUT2D eigenvalue weighted by atomic mass is 9.97. The van der Waals surface area contributed by atoms with Crippen LogP contribution in [0.4, 0.5) is 5.82 Å². The third-order valence-corrected chi connectivity index (χ3v) is 3.86. The fourth-order valence-electron chi connectivity index (χ4n) is 2.47. The van der Waals surface area contributed by atoms with Crippen molar-refractivity contribution < 1.29 is 4.79 Å². The third-order valence-electron chi connectivity index (χ3n) is 3.86. The van der Waals surface area contributed by atoms with Gasteiger partial charge in [-0.2, -0.15) is 0 Å². The number of rotatable bonds is 0. The first-order chi connectivity index (χ1) is 8.33. The smallest absolute Gasteiger partial charge is 0.280 e. The molecule has 1 aromatic rings. The van der Waals surface area contributed by atoms with Crippen LogP contribution in [0.15, 0.2) is 4.99 Å². The summed E-state index contributed by atoms with van der Waals surface area (Å²) in [7, 11) is 1.75. The summed E-state index contributed by atoms with van der Waals surface area (Å²) < 4.78 is 0. The highest BCUT2D eigenvalue weighted by Crippen LogP contribution is 2.37. The second kappa shape index (κ2) is 3.13. The second-order valence-electron chi connectivity index (χ2n) is 5.50. The maximum Gasteiger partial charge on any atom is 0.280 e. The normalized spacial score (nSPS) is 25.1. The van der Waals surface area contributed by atoms with Crippen molar-refractivity contribution in [2.45, 2.75) is 39.3 Å². The van der Waals surface area contributed by atoms with Gasteiger partial charge in [0.05, 0.1) is 11.6 Å². The molecular formula is C12H17N5O. The Hall–Kier alpha value is -1.85. The number of guanidine groups is 1. The lowest BCUT2D eigenvalue weighted by Gasteiger charge is -2.34. The molecule has 0 unspecified atom stereocenters. The van der Waals surface area contributed by atoms with E-state index in [2.05, 4.69) is 35.7 Å². The van der Waals surface area contributed by atoms with Gasteiger partial charge in [-0.05, 0) is 27.7 Å². The number of aromatic nitrogens is 2. The number of aryl methyl sites for hydroxylation is 1. The van der Waals surface area contributed by atoms with Gasteiger partial charge in [0.2, 0.25) is 5.96 Å². The van der Waals surface area contributed by atoms with E-state index in [1.54, 1.807) is 11.9 Å². The molecular weight excluding hydrogens is 230 g/mol. The number of H-pyrrole nitrogens is 1. The zero-order chi connectivity index (χ0) is 13.2. The number of fused-ring (bicyclic) bond motifs is 3. The van der Waals surface area contributed by atoms with Gasteiger partial charge in [0.1, 0.15) is 11.5 Å². The van der Waals surface area contributed by atoms with E-state index in [1.165, 1.54) is 0 Å². The number of nitrogens with one attached hydrogen (secondary N) is 1. The molecule has 0 fully saturated rings. The van der Waals surface area contributed by atoms with Gasteiger partial charge in [-0.15, -0.1) is 0 Å². The minimum Gasteiger partial charge on any atom is -0.336 e. The first kappa shape index (κ1) is 11.3. The monoisotopic (exact) mass is 247 g/mol. The van der Waals surface area contributed by atoms with Crippen LogP contribution in [-0.2, 0) is 0 Å². The van der Waals surface area contributed by atoms with Crippen LogP contribution in [0.25, 0.3) is 0 Å². The van der Waals surface area contributed by atoms with Gasteiger partial charge in [-0.1, -0.05) is 0 Å². The predicted octanol–water partition coefficient (Wildman–Crippen LogP) is 1.15. The summed E-state index contributed by atoms with van der Waals surface area (Å²) >= 11 is 0. The van der Waals surface area contributed by atoms with Gasteiger partial charge in [0.15, 0.2) is 5.82 Å². The van der Waals surface area contributed by atoms with Crippen molar-refractivity contribution in [2.24, 2.45) is 4.99 Å². The average molecular weight is 247 g/mol. The highest BCUT2D eigenvalue weighted by atomic mass is 16.2. The van der Waals surface area contributed by atoms with Crippen molar-refractivity contribution in [3.05, 3.63) is 11.5 Å². The number of anilines is 1. The summed E-state index contributed by atoms with van der Waals surface area (Å²) in [4.78, 5) is 28.0. The fourth-order valence-corrected chi connectivity index (χ4v) is 2.47. The van der Waals surface area contributed by atoms with Crippen molar-refractivity contribution in [1.82, 2.24) is 14.9 Å². The van der Waals surface area contributed by atoms with Crippen LogP contribution in [0.3, 0.4) is 0 Å². The molecule has 18 heavy (non-hydrogen) atoms. The lowest BCUT2D eigenvalue weighted by molar-refractivity contribution is 0.0860. The summed E-state index contributed by atoms with van der Waals surface area (Å²) in [5.74, 6) is 2.06. The Balaban J connectivity index is 2.23. The third kappa shape index (κ3) is 1.20. The van der Waals surface area contributed by atoms with Crippen molar-refractivity contribution in [3.63, 3.8) is 0 Å². The minimum absolute atomic E-state index is 0.0782. The van der Waals surface area contributed by atoms with E-state index >= 15 is 0 Å². The SMILES string of the molecule is Cc1nc2c([nH]1)C(=O)N(C)C1=NC(C)(C)[C@@H](C)N12. The molecule has 96 valence electrons. The minimum atomic E-state index is -0.224. The first-order valence-electron chi connectivity index (χ1n) is 6.06. The van der Waals surface area contributed by atoms with Crippen LogP contribution in [-0.4, -0.2) is 45.4 Å². The molecule has 0 bridgehead atoms. The Labute approximate surface area is 106 Å². The second-order valence-corrected chi connectivity index (χ2v) is 5.50. The first-order valence-corrected chi connectivity index (χ1v) is 6.06. The van der Waals surface area contributed by atoms with Crippen molar-refractivity contribution in [1.29, 1.82) is 0 Å². The molecule has 1 aromatic heterocycles. The number of aliphatic imine (C=N–C) groups is 1. The molecule has 0 aromatic carbocycles. The van der Waals surface area contributed by atoms with E-state index in [0.717, 1.165) is 5.82 Å². The average Bonchev–Trinajstić information content (AvgIpc) is 2.76. The quantitative estimate of drug-likeness (QED) is 0.748. The van der Waals surface area contributed by atoms with E-state index in [-0.39, 0.29) is 17.5 Å². The molecule has 2 aliphatic heterocycles. The van der Waals surface area contributed by atoms with E-state index in [1.807, 2.05) is 11.8 Å². The molecule has 1 N–H and O–H groups in total. The number of amides is 1. The molecule has 6 heteroatoms. The topological polar surface area (TPSA) is 64.6 Å². The van der Waals surface area contributed by atoms with Gasteiger partial charge in [-0.3, -0.25) is 14.6 Å². The standard InChI is InChI=1S/C12H17N5O/c1-6-12(3,4)15-11-16(5)10(18)8-9(17(6)11)14-7(2)13-8/h6H,1-5H3,(H,13,14)/t6-/m1/s1. The van der Waals surface area contributed by atoms with Gasteiger partial charge in [0, 0.05) is 7.05 Å². The van der Waals surface area contributed by atoms with Crippen LogP contribution in [0.2, 0.25) is 0 Å². The molecule has 1 amide bonds. The highest BCUT2D eigenvalue weighted by Gasteiger charge is 2.47. The number of aromatic amines is 1. The summed E-state index contributed by atoms with van der Waals surface area (Å²) in [6, 6.07) is 0.171. The predicted molar refractivity (Wildman–Crippen MR) is 68.9 cm³/mol. The molecule has 0 radical (unpaired) electrons. The number of carbonyl (C=O) groups is 1. The van der Waals surface area contributed by atoms with E-state index < -0.39 is 0 Å². The number of carbonyl (C=O) groups excluding carboxylic acids is 1. The van der Waals surface area contributed by atoms with Crippen molar-refractivity contribution in [2.75, 3.05) is 11.9 Å². The van der Waals surface area contributed by atoms with Gasteiger partial charge in [0.25, 0.3) is 5.91 Å². The number of nitrogens with zero attached hydrogens (tertiary/aromatic N) is 4. The molecule has 3 heterocycles. The lowest BCUT2D eigenvalue weighted by Crippen LogP contribution is -2.52. The van der Waals surface area contributed by atoms with Crippen molar-refractivity contribution >= 4 is 17.7 Å². The Kier molecular flexibility index (Phi) is 1.95. The highest BCUT2D eigenvalue weighted by molar-refractivity contribution is 6.18. The molecule has 2 aliphatic rings. The van der Waals surface area contributed by atoms with Gasteiger partial charge < -0.3 is 4.98 Å². The number of hydrogen-bond acceptors (Lipinski definition) is 4. The maximum absolute atomic E-state index is 12.2. The molecule has 6 nitrogen and oxygen atoms in total. The van der Waals surface area contributed by atoms with Crippen LogP contribution in [0.5, 0.6) is 0 Å². The van der Waals surface area contributed by atoms with Crippen LogP contribution in [0, 0.1) is 6.92 Å². The van der Waals surface area contributed by atoms with Crippen molar-refractivity contribution in [3.8, 4) is 0 Å². The number of hydrogen-bond donors (Lipinski definition) is 1. The summed E-state index contributed by atoms with van der Waals surface area (Å²) in [5, 5.41) is 0. The Morgan fingerprint density at radius 1 is 1.39 bits per heavy atom.